The van der Waals surface area contributed by atoms with Crippen molar-refractivity contribution in [2.24, 2.45) is 0 Å². The van der Waals surface area contributed by atoms with E-state index in [2.05, 4.69) is 48.0 Å². The van der Waals surface area contributed by atoms with Crippen LogP contribution in [0.3, 0.4) is 0 Å². The lowest BCUT2D eigenvalue weighted by atomic mass is 10.0. The molecule has 3 heteroatoms. The Bertz CT molecular complexity index is 546. The number of anilines is 1. The van der Waals surface area contributed by atoms with Gasteiger partial charge < -0.3 is 10.5 Å². The zero-order chi connectivity index (χ0) is 13.1. The van der Waals surface area contributed by atoms with Crippen LogP contribution in [0.25, 0.3) is 0 Å². The van der Waals surface area contributed by atoms with Crippen LogP contribution in [0, 0.1) is 13.8 Å². The summed E-state index contributed by atoms with van der Waals surface area (Å²) in [6, 6.07) is 11.9. The van der Waals surface area contributed by atoms with Crippen LogP contribution in [0.2, 0.25) is 0 Å². The third-order valence-corrected chi connectivity index (χ3v) is 3.48. The zero-order valence-corrected chi connectivity index (χ0v) is 12.1. The Kier molecular flexibility index (Phi) is 3.92. The van der Waals surface area contributed by atoms with Crippen molar-refractivity contribution in [3.8, 4) is 5.75 Å². The molecule has 0 radical (unpaired) electrons. The lowest BCUT2D eigenvalue weighted by molar-refractivity contribution is 0.306. The highest BCUT2D eigenvalue weighted by atomic mass is 79.9. The fourth-order valence-electron chi connectivity index (χ4n) is 1.88. The van der Waals surface area contributed by atoms with E-state index in [1.54, 1.807) is 0 Å². The maximum atomic E-state index is 5.91. The number of aryl methyl sites for hydroxylation is 2. The first-order chi connectivity index (χ1) is 8.58. The van der Waals surface area contributed by atoms with E-state index in [9.17, 15) is 0 Å². The second kappa shape index (κ2) is 5.44. The third-order valence-electron chi connectivity index (χ3n) is 2.99. The van der Waals surface area contributed by atoms with E-state index in [1.807, 2.05) is 18.2 Å². The molecule has 0 fully saturated rings. The molecule has 0 atom stereocenters. The van der Waals surface area contributed by atoms with Crippen LogP contribution in [-0.4, -0.2) is 0 Å². The maximum absolute atomic E-state index is 5.91. The summed E-state index contributed by atoms with van der Waals surface area (Å²) >= 11 is 3.38. The van der Waals surface area contributed by atoms with Gasteiger partial charge in [0.05, 0.1) is 5.69 Å². The van der Waals surface area contributed by atoms with E-state index < -0.39 is 0 Å². The average molecular weight is 306 g/mol. The van der Waals surface area contributed by atoms with E-state index in [-0.39, 0.29) is 0 Å². The Balaban J connectivity index is 2.16. The van der Waals surface area contributed by atoms with Gasteiger partial charge in [0.1, 0.15) is 12.4 Å². The van der Waals surface area contributed by atoms with Crippen molar-refractivity contribution in [3.05, 3.63) is 57.6 Å². The van der Waals surface area contributed by atoms with Gasteiger partial charge in [0, 0.05) is 4.47 Å². The summed E-state index contributed by atoms with van der Waals surface area (Å²) < 4.78 is 6.75. The summed E-state index contributed by atoms with van der Waals surface area (Å²) in [5.74, 6) is 0.723. The topological polar surface area (TPSA) is 35.2 Å². The zero-order valence-electron chi connectivity index (χ0n) is 10.5. The number of nitrogen functional groups attached to an aromatic ring is 1. The van der Waals surface area contributed by atoms with Gasteiger partial charge in [-0.1, -0.05) is 34.1 Å². The molecule has 0 aromatic heterocycles. The molecule has 2 nitrogen and oxygen atoms in total. The minimum Gasteiger partial charge on any atom is -0.487 e. The van der Waals surface area contributed by atoms with Crippen LogP contribution in [0.1, 0.15) is 16.7 Å². The monoisotopic (exact) mass is 305 g/mol. The first-order valence-corrected chi connectivity index (χ1v) is 6.60. The second-order valence-corrected chi connectivity index (χ2v) is 5.26. The highest BCUT2D eigenvalue weighted by Crippen LogP contribution is 2.26. The van der Waals surface area contributed by atoms with Gasteiger partial charge in [-0.05, 0) is 48.7 Å². The molecular weight excluding hydrogens is 290 g/mol. The van der Waals surface area contributed by atoms with E-state index >= 15 is 0 Å². The van der Waals surface area contributed by atoms with E-state index in [0.717, 1.165) is 10.2 Å². The first-order valence-electron chi connectivity index (χ1n) is 5.81. The Labute approximate surface area is 116 Å². The first kappa shape index (κ1) is 13.0. The Morgan fingerprint density at radius 2 is 1.78 bits per heavy atom. The van der Waals surface area contributed by atoms with Gasteiger partial charge in [0.2, 0.25) is 0 Å². The van der Waals surface area contributed by atoms with Crippen molar-refractivity contribution in [2.45, 2.75) is 20.5 Å². The van der Waals surface area contributed by atoms with Crippen LogP contribution in [0.4, 0.5) is 5.69 Å². The minimum atomic E-state index is 0.546. The lowest BCUT2D eigenvalue weighted by Gasteiger charge is -2.13. The molecule has 0 saturated heterocycles. The second-order valence-electron chi connectivity index (χ2n) is 4.34. The summed E-state index contributed by atoms with van der Waals surface area (Å²) in [5.41, 5.74) is 10.3. The van der Waals surface area contributed by atoms with E-state index in [0.29, 0.717) is 12.3 Å². The van der Waals surface area contributed by atoms with Crippen molar-refractivity contribution < 1.29 is 4.74 Å². The van der Waals surface area contributed by atoms with Gasteiger partial charge >= 0.3 is 0 Å². The van der Waals surface area contributed by atoms with Gasteiger partial charge in [0.25, 0.3) is 0 Å². The van der Waals surface area contributed by atoms with Gasteiger partial charge in [-0.2, -0.15) is 0 Å². The van der Waals surface area contributed by atoms with Crippen molar-refractivity contribution in [1.29, 1.82) is 0 Å². The fourth-order valence-corrected chi connectivity index (χ4v) is 2.26. The van der Waals surface area contributed by atoms with Gasteiger partial charge in [-0.25, -0.2) is 0 Å². The van der Waals surface area contributed by atoms with Gasteiger partial charge in [0.15, 0.2) is 0 Å². The molecule has 2 aromatic carbocycles. The molecule has 0 aliphatic carbocycles. The number of hydrogen-bond acceptors (Lipinski definition) is 2. The highest BCUT2D eigenvalue weighted by molar-refractivity contribution is 9.10. The summed E-state index contributed by atoms with van der Waals surface area (Å²) in [4.78, 5) is 0. The standard InChI is InChI=1S/C15H16BrNO/c1-10-4-3-5-11(2)13(10)9-18-15-7-6-12(16)8-14(15)17/h3-8H,9,17H2,1-2H3. The Morgan fingerprint density at radius 3 is 2.39 bits per heavy atom. The third kappa shape index (κ3) is 2.85. The summed E-state index contributed by atoms with van der Waals surface area (Å²) in [6.45, 7) is 4.73. The SMILES string of the molecule is Cc1cccc(C)c1COc1ccc(Br)cc1N. The number of ether oxygens (including phenoxy) is 1. The van der Waals surface area contributed by atoms with Crippen LogP contribution < -0.4 is 10.5 Å². The number of nitrogens with two attached hydrogens (primary N) is 1. The number of benzene rings is 2. The fraction of sp³-hybridized carbons (Fsp3) is 0.200. The average Bonchev–Trinajstić information content (AvgIpc) is 2.31. The Morgan fingerprint density at radius 1 is 1.11 bits per heavy atom. The van der Waals surface area contributed by atoms with Crippen LogP contribution in [0.15, 0.2) is 40.9 Å². The predicted molar refractivity (Wildman–Crippen MR) is 78.8 cm³/mol. The molecule has 0 saturated carbocycles. The molecule has 94 valence electrons. The Hall–Kier alpha value is -1.48. The molecule has 0 amide bonds. The lowest BCUT2D eigenvalue weighted by Crippen LogP contribution is -2.02. The van der Waals surface area contributed by atoms with Gasteiger partial charge in [-0.15, -0.1) is 0 Å². The molecule has 0 heterocycles. The molecule has 0 spiro atoms. The van der Waals surface area contributed by atoms with Crippen molar-refractivity contribution in [2.75, 3.05) is 5.73 Å². The van der Waals surface area contributed by atoms with E-state index in [4.69, 9.17) is 10.5 Å². The maximum Gasteiger partial charge on any atom is 0.142 e. The molecule has 0 unspecified atom stereocenters. The summed E-state index contributed by atoms with van der Waals surface area (Å²) in [6.07, 6.45) is 0. The molecule has 2 rings (SSSR count). The molecule has 2 aromatic rings. The minimum absolute atomic E-state index is 0.546. The number of rotatable bonds is 3. The van der Waals surface area contributed by atoms with Crippen molar-refractivity contribution in [1.82, 2.24) is 0 Å². The quantitative estimate of drug-likeness (QED) is 0.861. The molecule has 0 aliphatic heterocycles. The van der Waals surface area contributed by atoms with Crippen molar-refractivity contribution >= 4 is 21.6 Å². The molecule has 2 N–H and O–H groups in total. The predicted octanol–water partition coefficient (Wildman–Crippen LogP) is 4.23. The molecular formula is C15H16BrNO. The summed E-state index contributed by atoms with van der Waals surface area (Å²) in [7, 11) is 0. The smallest absolute Gasteiger partial charge is 0.142 e. The highest BCUT2D eigenvalue weighted by Gasteiger charge is 2.05. The number of halogens is 1. The largest absolute Gasteiger partial charge is 0.487 e. The summed E-state index contributed by atoms with van der Waals surface area (Å²) in [5, 5.41) is 0. The van der Waals surface area contributed by atoms with E-state index in [1.165, 1.54) is 16.7 Å². The number of hydrogen-bond donors (Lipinski definition) is 1. The van der Waals surface area contributed by atoms with Crippen molar-refractivity contribution in [3.63, 3.8) is 0 Å². The van der Waals surface area contributed by atoms with Crippen LogP contribution in [0.5, 0.6) is 5.75 Å². The normalized spacial score (nSPS) is 10.4. The molecule has 0 bridgehead atoms. The van der Waals surface area contributed by atoms with Crippen LogP contribution in [-0.2, 0) is 6.61 Å². The van der Waals surface area contributed by atoms with Crippen LogP contribution >= 0.6 is 15.9 Å². The molecule has 18 heavy (non-hydrogen) atoms. The molecule has 0 aliphatic rings. The van der Waals surface area contributed by atoms with Gasteiger partial charge in [-0.3, -0.25) is 0 Å².